The minimum absolute atomic E-state index is 0.0436. The Labute approximate surface area is 175 Å². The minimum atomic E-state index is -0.0436. The number of nitrogens with one attached hydrogen (secondary N) is 1. The highest BCUT2D eigenvalue weighted by Gasteiger charge is 2.20. The molecule has 1 N–H and O–H groups in total. The van der Waals surface area contributed by atoms with Crippen LogP contribution in [0.1, 0.15) is 36.1 Å². The van der Waals surface area contributed by atoms with E-state index in [4.69, 9.17) is 14.5 Å². The fourth-order valence-electron chi connectivity index (χ4n) is 3.71. The van der Waals surface area contributed by atoms with E-state index >= 15 is 0 Å². The number of nitrogens with zero attached hydrogens (tertiary/aromatic N) is 1. The van der Waals surface area contributed by atoms with Crippen molar-refractivity contribution in [3.8, 4) is 22.9 Å². The SMILES string of the molecule is COc1cc(-c2nc3sc4c(c3c(=O)[nH]2)CCCCCC4)cc(I)c1OC. The molecule has 2 heterocycles. The van der Waals surface area contributed by atoms with Gasteiger partial charge in [-0.15, -0.1) is 11.3 Å². The van der Waals surface area contributed by atoms with E-state index in [-0.39, 0.29) is 5.56 Å². The van der Waals surface area contributed by atoms with E-state index in [9.17, 15) is 4.79 Å². The first-order valence-corrected chi connectivity index (χ1v) is 11.0. The first-order chi connectivity index (χ1) is 13.1. The van der Waals surface area contributed by atoms with Gasteiger partial charge in [-0.05, 0) is 66.0 Å². The third kappa shape index (κ3) is 3.47. The molecule has 2 aromatic heterocycles. The number of hydrogen-bond acceptors (Lipinski definition) is 5. The normalized spacial score (nSPS) is 14.5. The van der Waals surface area contributed by atoms with Gasteiger partial charge >= 0.3 is 0 Å². The van der Waals surface area contributed by atoms with Crippen LogP contribution in [0.15, 0.2) is 16.9 Å². The molecule has 0 bridgehead atoms. The maximum Gasteiger partial charge on any atom is 0.260 e. The summed E-state index contributed by atoms with van der Waals surface area (Å²) in [5.74, 6) is 1.88. The van der Waals surface area contributed by atoms with Crippen molar-refractivity contribution in [2.45, 2.75) is 38.5 Å². The van der Waals surface area contributed by atoms with Gasteiger partial charge in [-0.1, -0.05) is 12.8 Å². The largest absolute Gasteiger partial charge is 0.493 e. The van der Waals surface area contributed by atoms with Gasteiger partial charge in [-0.25, -0.2) is 4.98 Å². The van der Waals surface area contributed by atoms with Crippen molar-refractivity contribution in [1.82, 2.24) is 9.97 Å². The monoisotopic (exact) mass is 496 g/mol. The van der Waals surface area contributed by atoms with Crippen LogP contribution in [0.3, 0.4) is 0 Å². The van der Waals surface area contributed by atoms with Crippen molar-refractivity contribution in [3.63, 3.8) is 0 Å². The number of fused-ring (bicyclic) bond motifs is 3. The maximum atomic E-state index is 12.9. The number of halogens is 1. The molecule has 0 atom stereocenters. The van der Waals surface area contributed by atoms with Crippen molar-refractivity contribution < 1.29 is 9.47 Å². The number of H-pyrrole nitrogens is 1. The number of thiophene rings is 1. The van der Waals surface area contributed by atoms with E-state index in [0.717, 1.165) is 38.6 Å². The second kappa shape index (κ2) is 7.79. The van der Waals surface area contributed by atoms with Crippen LogP contribution in [0.5, 0.6) is 11.5 Å². The Bertz CT molecular complexity index is 1060. The zero-order valence-electron chi connectivity index (χ0n) is 15.4. The first kappa shape index (κ1) is 18.7. The third-order valence-electron chi connectivity index (χ3n) is 5.03. The van der Waals surface area contributed by atoms with Gasteiger partial charge in [0.05, 0.1) is 23.2 Å². The van der Waals surface area contributed by atoms with Crippen molar-refractivity contribution in [1.29, 1.82) is 0 Å². The summed E-state index contributed by atoms with van der Waals surface area (Å²) in [6, 6.07) is 3.81. The van der Waals surface area contributed by atoms with Gasteiger partial charge in [0.25, 0.3) is 5.56 Å². The molecular formula is C20H21IN2O3S. The maximum absolute atomic E-state index is 12.9. The number of benzene rings is 1. The van der Waals surface area contributed by atoms with Gasteiger partial charge in [0.15, 0.2) is 11.5 Å². The number of aromatic nitrogens is 2. The average molecular weight is 496 g/mol. The molecule has 0 saturated carbocycles. The second-order valence-electron chi connectivity index (χ2n) is 6.71. The molecule has 3 aromatic rings. The Morgan fingerprint density at radius 1 is 1.11 bits per heavy atom. The molecule has 1 aliphatic rings. The van der Waals surface area contributed by atoms with Crippen molar-refractivity contribution in [2.75, 3.05) is 14.2 Å². The highest BCUT2D eigenvalue weighted by Crippen LogP contribution is 2.37. The lowest BCUT2D eigenvalue weighted by Gasteiger charge is -2.12. The van der Waals surface area contributed by atoms with Crippen molar-refractivity contribution >= 4 is 44.1 Å². The lowest BCUT2D eigenvalue weighted by Crippen LogP contribution is -2.10. The molecule has 7 heteroatoms. The summed E-state index contributed by atoms with van der Waals surface area (Å²) >= 11 is 3.88. The van der Waals surface area contributed by atoms with E-state index in [0.29, 0.717) is 17.3 Å². The quantitative estimate of drug-likeness (QED) is 0.523. The van der Waals surface area contributed by atoms with Crippen LogP contribution in [0.4, 0.5) is 0 Å². The molecule has 27 heavy (non-hydrogen) atoms. The van der Waals surface area contributed by atoms with Crippen LogP contribution in [0.25, 0.3) is 21.6 Å². The van der Waals surface area contributed by atoms with Crippen LogP contribution >= 0.6 is 33.9 Å². The predicted molar refractivity (Wildman–Crippen MR) is 117 cm³/mol. The third-order valence-corrected chi connectivity index (χ3v) is 7.02. The van der Waals surface area contributed by atoms with Crippen LogP contribution < -0.4 is 15.0 Å². The molecule has 0 spiro atoms. The lowest BCUT2D eigenvalue weighted by molar-refractivity contribution is 0.353. The molecular weight excluding hydrogens is 475 g/mol. The summed E-state index contributed by atoms with van der Waals surface area (Å²) in [6.07, 6.45) is 6.89. The number of hydrogen-bond donors (Lipinski definition) is 1. The molecule has 1 aromatic carbocycles. The molecule has 0 saturated heterocycles. The van der Waals surface area contributed by atoms with Gasteiger partial charge in [-0.3, -0.25) is 4.79 Å². The summed E-state index contributed by atoms with van der Waals surface area (Å²) in [5, 5.41) is 0.788. The number of aromatic amines is 1. The van der Waals surface area contributed by atoms with Crippen LogP contribution in [-0.2, 0) is 12.8 Å². The Morgan fingerprint density at radius 3 is 2.63 bits per heavy atom. The van der Waals surface area contributed by atoms with Gasteiger partial charge in [0, 0.05) is 10.4 Å². The molecule has 1 aliphatic carbocycles. The number of aryl methyl sites for hydroxylation is 2. The number of rotatable bonds is 3. The van der Waals surface area contributed by atoms with E-state index < -0.39 is 0 Å². The topological polar surface area (TPSA) is 64.2 Å². The molecule has 0 aliphatic heterocycles. The first-order valence-electron chi connectivity index (χ1n) is 9.09. The fraction of sp³-hybridized carbons (Fsp3) is 0.400. The Kier molecular flexibility index (Phi) is 5.41. The lowest BCUT2D eigenvalue weighted by atomic mass is 9.98. The van der Waals surface area contributed by atoms with Crippen LogP contribution in [0, 0.1) is 3.57 Å². The molecule has 4 rings (SSSR count). The van der Waals surface area contributed by atoms with E-state index in [1.54, 1.807) is 25.6 Å². The summed E-state index contributed by atoms with van der Waals surface area (Å²) in [4.78, 5) is 22.9. The minimum Gasteiger partial charge on any atom is -0.493 e. The summed E-state index contributed by atoms with van der Waals surface area (Å²) in [7, 11) is 3.23. The highest BCUT2D eigenvalue weighted by atomic mass is 127. The van der Waals surface area contributed by atoms with Crippen LogP contribution in [-0.4, -0.2) is 24.2 Å². The molecule has 5 nitrogen and oxygen atoms in total. The van der Waals surface area contributed by atoms with E-state index in [2.05, 4.69) is 27.6 Å². The van der Waals surface area contributed by atoms with E-state index in [1.807, 2.05) is 12.1 Å². The van der Waals surface area contributed by atoms with Gasteiger partial charge in [0.1, 0.15) is 10.7 Å². The second-order valence-corrected chi connectivity index (χ2v) is 8.95. The fourth-order valence-corrected chi connectivity index (χ4v) is 5.79. The summed E-state index contributed by atoms with van der Waals surface area (Å²) in [5.41, 5.74) is 1.99. The zero-order chi connectivity index (χ0) is 19.0. The molecule has 0 unspecified atom stereocenters. The summed E-state index contributed by atoms with van der Waals surface area (Å²) < 4.78 is 11.8. The molecule has 142 valence electrons. The standard InChI is InChI=1S/C20H21IN2O3S/c1-25-14-10-11(9-13(21)17(14)26-2)18-22-19(24)16-12-7-5-3-4-6-8-15(12)27-20(16)23-18/h9-10H,3-8H2,1-2H3,(H,22,23,24). The number of methoxy groups -OCH3 is 2. The number of ether oxygens (including phenoxy) is 2. The van der Waals surface area contributed by atoms with Gasteiger partial charge < -0.3 is 14.5 Å². The van der Waals surface area contributed by atoms with Crippen molar-refractivity contribution in [2.24, 2.45) is 0 Å². The van der Waals surface area contributed by atoms with Crippen LogP contribution in [0.2, 0.25) is 0 Å². The Hall–Kier alpha value is -1.61. The highest BCUT2D eigenvalue weighted by molar-refractivity contribution is 14.1. The summed E-state index contributed by atoms with van der Waals surface area (Å²) in [6.45, 7) is 0. The van der Waals surface area contributed by atoms with Crippen molar-refractivity contribution in [3.05, 3.63) is 36.5 Å². The Balaban J connectivity index is 1.87. The average Bonchev–Trinajstić information content (AvgIpc) is 2.98. The zero-order valence-corrected chi connectivity index (χ0v) is 18.3. The van der Waals surface area contributed by atoms with Gasteiger partial charge in [-0.2, -0.15) is 0 Å². The Morgan fingerprint density at radius 2 is 1.89 bits per heavy atom. The smallest absolute Gasteiger partial charge is 0.260 e. The predicted octanol–water partition coefficient (Wildman–Crippen LogP) is 4.93. The molecule has 0 radical (unpaired) electrons. The van der Waals surface area contributed by atoms with Gasteiger partial charge in [0.2, 0.25) is 0 Å². The molecule has 0 fully saturated rings. The molecule has 0 amide bonds. The van der Waals surface area contributed by atoms with E-state index in [1.165, 1.54) is 29.7 Å².